The Morgan fingerprint density at radius 1 is 1.03 bits per heavy atom. The summed E-state index contributed by atoms with van der Waals surface area (Å²) >= 11 is 0. The van der Waals surface area contributed by atoms with Crippen molar-refractivity contribution >= 4 is 32.4 Å². The van der Waals surface area contributed by atoms with Gasteiger partial charge in [-0.3, -0.25) is 9.59 Å². The average molecular weight is 506 g/mol. The van der Waals surface area contributed by atoms with Crippen LogP contribution in [0.15, 0.2) is 88.1 Å². The van der Waals surface area contributed by atoms with Crippen LogP contribution in [-0.4, -0.2) is 43.6 Å². The van der Waals surface area contributed by atoms with Crippen LogP contribution in [0.2, 0.25) is 0 Å². The Kier molecular flexibility index (Phi) is 6.24. The SMILES string of the molecule is O=C(COc1cc(O)c2c(=O)cc(-c3ccccc3)oc2c1)N(c1ccccc1)C1CCS(=O)(=O)C1. The van der Waals surface area contributed by atoms with Crippen molar-refractivity contribution in [2.24, 2.45) is 0 Å². The minimum absolute atomic E-state index is 0.00966. The Morgan fingerprint density at radius 3 is 2.39 bits per heavy atom. The first-order chi connectivity index (χ1) is 17.3. The number of benzene rings is 3. The summed E-state index contributed by atoms with van der Waals surface area (Å²) in [5.74, 6) is -0.381. The number of sulfone groups is 1. The number of ether oxygens (including phenoxy) is 1. The molecule has 8 nitrogen and oxygen atoms in total. The van der Waals surface area contributed by atoms with Gasteiger partial charge in [0, 0.05) is 29.4 Å². The molecule has 1 atom stereocenters. The van der Waals surface area contributed by atoms with Gasteiger partial charge in [-0.05, 0) is 18.6 Å². The molecule has 1 aromatic heterocycles. The van der Waals surface area contributed by atoms with Gasteiger partial charge in [0.15, 0.2) is 21.9 Å². The third-order valence-corrected chi connectivity index (χ3v) is 7.83. The zero-order valence-electron chi connectivity index (χ0n) is 19.2. The Bertz CT molecular complexity index is 1580. The second-order valence-corrected chi connectivity index (χ2v) is 10.8. The lowest BCUT2D eigenvalue weighted by atomic mass is 10.1. The van der Waals surface area contributed by atoms with Gasteiger partial charge in [0.1, 0.15) is 28.2 Å². The molecule has 0 saturated carbocycles. The van der Waals surface area contributed by atoms with E-state index in [1.165, 1.54) is 23.1 Å². The molecule has 2 heterocycles. The number of hydrogen-bond acceptors (Lipinski definition) is 7. The van der Waals surface area contributed by atoms with E-state index < -0.39 is 33.8 Å². The molecule has 9 heteroatoms. The first-order valence-electron chi connectivity index (χ1n) is 11.4. The summed E-state index contributed by atoms with van der Waals surface area (Å²) < 4.78 is 35.7. The molecule has 1 fully saturated rings. The highest BCUT2D eigenvalue weighted by atomic mass is 32.2. The van der Waals surface area contributed by atoms with E-state index in [1.807, 2.05) is 24.3 Å². The van der Waals surface area contributed by atoms with Crippen molar-refractivity contribution in [3.63, 3.8) is 0 Å². The van der Waals surface area contributed by atoms with Gasteiger partial charge in [-0.1, -0.05) is 48.5 Å². The van der Waals surface area contributed by atoms with Crippen molar-refractivity contribution in [3.8, 4) is 22.8 Å². The Balaban J connectivity index is 1.42. The number of anilines is 1. The summed E-state index contributed by atoms with van der Waals surface area (Å²) in [5.41, 5.74) is 0.981. The molecule has 3 aromatic carbocycles. The second kappa shape index (κ2) is 9.50. The Hall–Kier alpha value is -4.11. The lowest BCUT2D eigenvalue weighted by molar-refractivity contribution is -0.121. The first kappa shape index (κ1) is 23.6. The predicted octanol–water partition coefficient (Wildman–Crippen LogP) is 3.76. The van der Waals surface area contributed by atoms with Crippen LogP contribution in [-0.2, 0) is 14.6 Å². The highest BCUT2D eigenvalue weighted by molar-refractivity contribution is 7.91. The van der Waals surface area contributed by atoms with Gasteiger partial charge >= 0.3 is 0 Å². The Morgan fingerprint density at radius 2 is 1.72 bits per heavy atom. The number of amides is 1. The smallest absolute Gasteiger partial charge is 0.265 e. The molecular weight excluding hydrogens is 482 g/mol. The molecule has 1 unspecified atom stereocenters. The Labute approximate surface area is 207 Å². The van der Waals surface area contributed by atoms with Crippen molar-refractivity contribution in [2.45, 2.75) is 12.5 Å². The molecule has 0 bridgehead atoms. The summed E-state index contributed by atoms with van der Waals surface area (Å²) in [5, 5.41) is 10.5. The molecule has 1 aliphatic rings. The first-order valence-corrected chi connectivity index (χ1v) is 13.2. The van der Waals surface area contributed by atoms with Crippen molar-refractivity contribution < 1.29 is 27.5 Å². The third-order valence-electron chi connectivity index (χ3n) is 6.08. The van der Waals surface area contributed by atoms with E-state index in [1.54, 1.807) is 36.4 Å². The van der Waals surface area contributed by atoms with E-state index in [9.17, 15) is 23.1 Å². The van der Waals surface area contributed by atoms with Crippen LogP contribution in [0.4, 0.5) is 5.69 Å². The number of carbonyl (C=O) groups is 1. The van der Waals surface area contributed by atoms with E-state index >= 15 is 0 Å². The highest BCUT2D eigenvalue weighted by Gasteiger charge is 2.35. The van der Waals surface area contributed by atoms with Gasteiger partial charge in [0.25, 0.3) is 5.91 Å². The standard InChI is InChI=1S/C27H23NO7S/c29-22-13-21(14-25-27(22)23(30)15-24(35-25)18-7-3-1-4-8-18)34-16-26(31)28(19-9-5-2-6-10-19)20-11-12-36(32,33)17-20/h1-10,13-15,20,29H,11-12,16-17H2. The van der Waals surface area contributed by atoms with E-state index in [0.29, 0.717) is 23.4 Å². The zero-order chi connectivity index (χ0) is 25.3. The molecule has 1 amide bonds. The maximum absolute atomic E-state index is 13.2. The number of nitrogens with zero attached hydrogens (tertiary/aromatic N) is 1. The lowest BCUT2D eigenvalue weighted by Gasteiger charge is -2.28. The molecule has 184 valence electrons. The molecule has 4 aromatic rings. The fourth-order valence-electron chi connectivity index (χ4n) is 4.41. The van der Waals surface area contributed by atoms with Crippen LogP contribution in [0.5, 0.6) is 11.5 Å². The maximum Gasteiger partial charge on any atom is 0.265 e. The van der Waals surface area contributed by atoms with Gasteiger partial charge in [-0.2, -0.15) is 0 Å². The van der Waals surface area contributed by atoms with E-state index in [4.69, 9.17) is 9.15 Å². The number of para-hydroxylation sites is 1. The number of hydrogen-bond donors (Lipinski definition) is 1. The average Bonchev–Trinajstić information content (AvgIpc) is 3.22. The number of carbonyl (C=O) groups excluding carboxylic acids is 1. The molecule has 1 aliphatic heterocycles. The topological polar surface area (TPSA) is 114 Å². The molecule has 0 spiro atoms. The molecule has 5 rings (SSSR count). The van der Waals surface area contributed by atoms with Crippen molar-refractivity contribution in [1.82, 2.24) is 0 Å². The van der Waals surface area contributed by atoms with Gasteiger partial charge in [-0.15, -0.1) is 0 Å². The highest BCUT2D eigenvalue weighted by Crippen LogP contribution is 2.31. The maximum atomic E-state index is 13.2. The fourth-order valence-corrected chi connectivity index (χ4v) is 6.11. The largest absolute Gasteiger partial charge is 0.507 e. The minimum atomic E-state index is -3.22. The number of phenolic OH excluding ortho intramolecular Hbond substituents is 1. The minimum Gasteiger partial charge on any atom is -0.507 e. The normalized spacial score (nSPS) is 16.6. The number of aromatic hydroxyl groups is 1. The third kappa shape index (κ3) is 4.83. The van der Waals surface area contributed by atoms with Crippen LogP contribution < -0.4 is 15.1 Å². The quantitative estimate of drug-likeness (QED) is 0.424. The number of phenols is 1. The van der Waals surface area contributed by atoms with Gasteiger partial charge in [0.2, 0.25) is 0 Å². The van der Waals surface area contributed by atoms with Crippen molar-refractivity contribution in [2.75, 3.05) is 23.0 Å². The summed E-state index contributed by atoms with van der Waals surface area (Å²) in [7, 11) is -3.22. The number of rotatable bonds is 6. The molecule has 0 aliphatic carbocycles. The van der Waals surface area contributed by atoms with Crippen LogP contribution in [0.3, 0.4) is 0 Å². The summed E-state index contributed by atoms with van der Waals surface area (Å²) in [6, 6.07) is 21.4. The summed E-state index contributed by atoms with van der Waals surface area (Å²) in [6.07, 6.45) is 0.340. The lowest BCUT2D eigenvalue weighted by Crippen LogP contribution is -2.43. The predicted molar refractivity (Wildman–Crippen MR) is 136 cm³/mol. The summed E-state index contributed by atoms with van der Waals surface area (Å²) in [6.45, 7) is -0.404. The molecule has 36 heavy (non-hydrogen) atoms. The van der Waals surface area contributed by atoms with Gasteiger partial charge < -0.3 is 19.2 Å². The second-order valence-electron chi connectivity index (χ2n) is 8.60. The van der Waals surface area contributed by atoms with Gasteiger partial charge in [-0.25, -0.2) is 8.42 Å². The van der Waals surface area contributed by atoms with E-state index in [0.717, 1.165) is 0 Å². The molecule has 1 saturated heterocycles. The van der Waals surface area contributed by atoms with Crippen molar-refractivity contribution in [1.29, 1.82) is 0 Å². The van der Waals surface area contributed by atoms with Crippen LogP contribution in [0.25, 0.3) is 22.3 Å². The van der Waals surface area contributed by atoms with Crippen LogP contribution in [0.1, 0.15) is 6.42 Å². The summed E-state index contributed by atoms with van der Waals surface area (Å²) in [4.78, 5) is 27.3. The van der Waals surface area contributed by atoms with Crippen LogP contribution in [0, 0.1) is 0 Å². The molecule has 1 N–H and O–H groups in total. The van der Waals surface area contributed by atoms with Crippen LogP contribution >= 0.6 is 0 Å². The molecule has 0 radical (unpaired) electrons. The fraction of sp³-hybridized carbons (Fsp3) is 0.185. The van der Waals surface area contributed by atoms with Gasteiger partial charge in [0.05, 0.1) is 17.5 Å². The van der Waals surface area contributed by atoms with E-state index in [2.05, 4.69) is 0 Å². The zero-order valence-corrected chi connectivity index (χ0v) is 20.0. The number of fused-ring (bicyclic) bond motifs is 1. The van der Waals surface area contributed by atoms with E-state index in [-0.39, 0.29) is 34.0 Å². The monoisotopic (exact) mass is 505 g/mol. The molecular formula is C27H23NO7S. The van der Waals surface area contributed by atoms with Crippen molar-refractivity contribution in [3.05, 3.63) is 89.1 Å².